The highest BCUT2D eigenvalue weighted by molar-refractivity contribution is 6.34. The van der Waals surface area contributed by atoms with E-state index in [-0.39, 0.29) is 23.0 Å². The molecule has 1 aromatic carbocycles. The molecule has 1 rings (SSSR count). The van der Waals surface area contributed by atoms with Crippen molar-refractivity contribution >= 4 is 28.9 Å². The SMILES string of the molecule is COCC(N)C(=O)Nc1ccc([N+](=O)[O-])cc1Cl. The number of methoxy groups -OCH3 is 1. The number of anilines is 1. The van der Waals surface area contributed by atoms with Crippen LogP contribution in [0.15, 0.2) is 18.2 Å². The predicted molar refractivity (Wildman–Crippen MR) is 66.6 cm³/mol. The summed E-state index contributed by atoms with van der Waals surface area (Å²) in [4.78, 5) is 21.5. The van der Waals surface area contributed by atoms with Gasteiger partial charge >= 0.3 is 0 Å². The predicted octanol–water partition coefficient (Wildman–Crippen LogP) is 1.16. The third kappa shape index (κ3) is 3.66. The molecule has 1 atom stereocenters. The molecule has 1 aromatic rings. The Morgan fingerprint density at radius 2 is 2.33 bits per heavy atom. The summed E-state index contributed by atoms with van der Waals surface area (Å²) in [6, 6.07) is 2.90. The van der Waals surface area contributed by atoms with Crippen LogP contribution in [0.2, 0.25) is 5.02 Å². The molecule has 0 aromatic heterocycles. The van der Waals surface area contributed by atoms with Gasteiger partial charge < -0.3 is 15.8 Å². The molecule has 0 saturated heterocycles. The first-order valence-corrected chi connectivity index (χ1v) is 5.33. The molecule has 1 amide bonds. The first-order chi connectivity index (χ1) is 8.45. The molecule has 0 aliphatic rings. The van der Waals surface area contributed by atoms with E-state index in [4.69, 9.17) is 22.1 Å². The Balaban J connectivity index is 2.79. The quantitative estimate of drug-likeness (QED) is 0.618. The van der Waals surface area contributed by atoms with Crippen molar-refractivity contribution in [1.82, 2.24) is 0 Å². The molecule has 7 nitrogen and oxygen atoms in total. The lowest BCUT2D eigenvalue weighted by Crippen LogP contribution is -2.39. The van der Waals surface area contributed by atoms with Gasteiger partial charge in [-0.05, 0) is 6.07 Å². The van der Waals surface area contributed by atoms with Crippen LogP contribution in [0.3, 0.4) is 0 Å². The van der Waals surface area contributed by atoms with Crippen LogP contribution in [0.4, 0.5) is 11.4 Å². The minimum atomic E-state index is -0.832. The van der Waals surface area contributed by atoms with E-state index in [1.807, 2.05) is 0 Å². The monoisotopic (exact) mass is 273 g/mol. The zero-order valence-electron chi connectivity index (χ0n) is 9.55. The number of hydrogen-bond acceptors (Lipinski definition) is 5. The van der Waals surface area contributed by atoms with E-state index in [1.54, 1.807) is 0 Å². The van der Waals surface area contributed by atoms with Crippen molar-refractivity contribution in [3.8, 4) is 0 Å². The summed E-state index contributed by atoms with van der Waals surface area (Å²) in [5.74, 6) is -0.479. The van der Waals surface area contributed by atoms with Gasteiger partial charge in [-0.2, -0.15) is 0 Å². The maximum atomic E-state index is 11.6. The summed E-state index contributed by atoms with van der Waals surface area (Å²) in [7, 11) is 1.42. The van der Waals surface area contributed by atoms with Crippen molar-refractivity contribution < 1.29 is 14.5 Å². The van der Waals surface area contributed by atoms with Gasteiger partial charge in [-0.1, -0.05) is 11.6 Å². The number of ether oxygens (including phenoxy) is 1. The van der Waals surface area contributed by atoms with E-state index in [2.05, 4.69) is 5.32 Å². The lowest BCUT2D eigenvalue weighted by atomic mass is 10.2. The highest BCUT2D eigenvalue weighted by Crippen LogP contribution is 2.26. The Labute approximate surface area is 108 Å². The molecule has 3 N–H and O–H groups in total. The summed E-state index contributed by atoms with van der Waals surface area (Å²) in [6.45, 7) is 0.0659. The number of nitrogens with zero attached hydrogens (tertiary/aromatic N) is 1. The van der Waals surface area contributed by atoms with Crippen LogP contribution in [0.25, 0.3) is 0 Å². The Morgan fingerprint density at radius 3 is 2.83 bits per heavy atom. The molecule has 0 fully saturated rings. The van der Waals surface area contributed by atoms with Crippen molar-refractivity contribution in [2.75, 3.05) is 19.0 Å². The van der Waals surface area contributed by atoms with Crippen LogP contribution < -0.4 is 11.1 Å². The third-order valence-electron chi connectivity index (χ3n) is 2.10. The van der Waals surface area contributed by atoms with E-state index in [0.29, 0.717) is 0 Å². The topological polar surface area (TPSA) is 107 Å². The van der Waals surface area contributed by atoms with Crippen LogP contribution in [0.1, 0.15) is 0 Å². The van der Waals surface area contributed by atoms with Crippen molar-refractivity contribution in [2.24, 2.45) is 5.73 Å². The number of nitro benzene ring substituents is 1. The van der Waals surface area contributed by atoms with E-state index in [0.717, 1.165) is 6.07 Å². The zero-order valence-corrected chi connectivity index (χ0v) is 10.3. The second kappa shape index (κ2) is 6.29. The number of hydrogen-bond donors (Lipinski definition) is 2. The zero-order chi connectivity index (χ0) is 13.7. The number of amides is 1. The fourth-order valence-corrected chi connectivity index (χ4v) is 1.42. The lowest BCUT2D eigenvalue weighted by Gasteiger charge is -2.12. The minimum Gasteiger partial charge on any atom is -0.383 e. The number of carbonyl (C=O) groups excluding carboxylic acids is 1. The standard InChI is InChI=1S/C10H12ClN3O4/c1-18-5-8(12)10(15)13-9-3-2-6(14(16)17)4-7(9)11/h2-4,8H,5,12H2,1H3,(H,13,15). The number of rotatable bonds is 5. The van der Waals surface area contributed by atoms with Crippen LogP contribution in [0.5, 0.6) is 0 Å². The van der Waals surface area contributed by atoms with E-state index in [1.165, 1.54) is 19.2 Å². The van der Waals surface area contributed by atoms with Gasteiger partial charge in [0.2, 0.25) is 5.91 Å². The fourth-order valence-electron chi connectivity index (χ4n) is 1.20. The largest absolute Gasteiger partial charge is 0.383 e. The Morgan fingerprint density at radius 1 is 1.67 bits per heavy atom. The van der Waals surface area contributed by atoms with Crippen LogP contribution in [-0.2, 0) is 9.53 Å². The summed E-state index contributed by atoms with van der Waals surface area (Å²) in [5, 5.41) is 13.0. The van der Waals surface area contributed by atoms with Gasteiger partial charge in [-0.3, -0.25) is 14.9 Å². The summed E-state index contributed by atoms with van der Waals surface area (Å²) in [6.07, 6.45) is 0. The van der Waals surface area contributed by atoms with Crippen molar-refractivity contribution in [2.45, 2.75) is 6.04 Å². The highest BCUT2D eigenvalue weighted by Gasteiger charge is 2.16. The molecule has 0 radical (unpaired) electrons. The number of nitro groups is 1. The van der Waals surface area contributed by atoms with Gasteiger partial charge in [0, 0.05) is 19.2 Å². The van der Waals surface area contributed by atoms with Crippen molar-refractivity contribution in [1.29, 1.82) is 0 Å². The molecule has 0 saturated carbocycles. The fraction of sp³-hybridized carbons (Fsp3) is 0.300. The Kier molecular flexibility index (Phi) is 5.02. The molecule has 0 heterocycles. The first-order valence-electron chi connectivity index (χ1n) is 4.95. The average molecular weight is 274 g/mol. The number of non-ortho nitro benzene ring substituents is 1. The molecule has 1 unspecified atom stereocenters. The molecule has 8 heteroatoms. The maximum absolute atomic E-state index is 11.6. The van der Waals surface area contributed by atoms with Crippen LogP contribution >= 0.6 is 11.6 Å². The minimum absolute atomic E-state index is 0.0659. The summed E-state index contributed by atoms with van der Waals surface area (Å²) in [5.41, 5.74) is 5.62. The molecule has 0 aliphatic heterocycles. The van der Waals surface area contributed by atoms with Gasteiger partial charge in [0.15, 0.2) is 0 Å². The van der Waals surface area contributed by atoms with Gasteiger partial charge in [0.1, 0.15) is 6.04 Å². The second-order valence-corrected chi connectivity index (χ2v) is 3.88. The molecular formula is C10H12ClN3O4. The van der Waals surface area contributed by atoms with Gasteiger partial charge in [0.05, 0.1) is 22.2 Å². The number of nitrogens with two attached hydrogens (primary N) is 1. The second-order valence-electron chi connectivity index (χ2n) is 3.47. The molecule has 0 spiro atoms. The third-order valence-corrected chi connectivity index (χ3v) is 2.42. The van der Waals surface area contributed by atoms with Crippen molar-refractivity contribution in [3.63, 3.8) is 0 Å². The van der Waals surface area contributed by atoms with E-state index < -0.39 is 16.9 Å². The normalized spacial score (nSPS) is 11.9. The number of halogens is 1. The summed E-state index contributed by atoms with van der Waals surface area (Å²) >= 11 is 5.81. The number of benzene rings is 1. The molecule has 18 heavy (non-hydrogen) atoms. The van der Waals surface area contributed by atoms with Crippen molar-refractivity contribution in [3.05, 3.63) is 33.3 Å². The van der Waals surface area contributed by atoms with Gasteiger partial charge in [-0.15, -0.1) is 0 Å². The first kappa shape index (κ1) is 14.4. The molecular weight excluding hydrogens is 262 g/mol. The average Bonchev–Trinajstić information content (AvgIpc) is 2.31. The Bertz CT molecular complexity index is 466. The smallest absolute Gasteiger partial charge is 0.271 e. The van der Waals surface area contributed by atoms with Gasteiger partial charge in [-0.25, -0.2) is 0 Å². The van der Waals surface area contributed by atoms with Gasteiger partial charge in [0.25, 0.3) is 5.69 Å². The summed E-state index contributed by atoms with van der Waals surface area (Å²) < 4.78 is 4.74. The van der Waals surface area contributed by atoms with E-state index >= 15 is 0 Å². The highest BCUT2D eigenvalue weighted by atomic mass is 35.5. The van der Waals surface area contributed by atoms with Crippen LogP contribution in [0, 0.1) is 10.1 Å². The maximum Gasteiger partial charge on any atom is 0.271 e. The molecule has 0 aliphatic carbocycles. The Hall–Kier alpha value is -1.70. The number of carbonyl (C=O) groups is 1. The van der Waals surface area contributed by atoms with Crippen LogP contribution in [-0.4, -0.2) is 30.6 Å². The molecule has 98 valence electrons. The molecule has 0 bridgehead atoms. The lowest BCUT2D eigenvalue weighted by molar-refractivity contribution is -0.384. The number of nitrogens with one attached hydrogen (secondary N) is 1. The van der Waals surface area contributed by atoms with E-state index in [9.17, 15) is 14.9 Å².